The second-order valence-corrected chi connectivity index (χ2v) is 5.20. The molecule has 3 aromatic rings. The Kier molecular flexibility index (Phi) is 4.91. The number of hydrogen-bond acceptors (Lipinski definition) is 6. The van der Waals surface area contributed by atoms with Gasteiger partial charge in [0.1, 0.15) is 11.7 Å². The molecule has 2 heterocycles. The van der Waals surface area contributed by atoms with Crippen LogP contribution in [0.1, 0.15) is 10.5 Å². The Hall–Kier alpha value is -3.39. The van der Waals surface area contributed by atoms with Crippen molar-refractivity contribution in [3.05, 3.63) is 60.8 Å². The van der Waals surface area contributed by atoms with Crippen molar-refractivity contribution >= 4 is 28.4 Å². The SMILES string of the molecule is O=C(N[C@@H](CO)C(=O)Nc1ccc2ncccc2c1)c1cnccn1. The molecular weight excluding hydrogens is 322 g/mol. The highest BCUT2D eigenvalue weighted by Gasteiger charge is 2.21. The van der Waals surface area contributed by atoms with Gasteiger partial charge in [-0.2, -0.15) is 0 Å². The quantitative estimate of drug-likeness (QED) is 0.632. The fraction of sp³-hybridized carbons (Fsp3) is 0.118. The number of rotatable bonds is 5. The first-order valence-corrected chi connectivity index (χ1v) is 7.51. The molecule has 0 aliphatic rings. The molecule has 1 aromatic carbocycles. The molecule has 3 rings (SSSR count). The molecule has 25 heavy (non-hydrogen) atoms. The Morgan fingerprint density at radius 3 is 2.76 bits per heavy atom. The number of nitrogens with one attached hydrogen (secondary N) is 2. The van der Waals surface area contributed by atoms with E-state index in [0.29, 0.717) is 5.69 Å². The zero-order valence-corrected chi connectivity index (χ0v) is 13.1. The van der Waals surface area contributed by atoms with Crippen LogP contribution in [0.2, 0.25) is 0 Å². The number of pyridine rings is 1. The Balaban J connectivity index is 1.70. The minimum atomic E-state index is -1.11. The molecule has 0 bridgehead atoms. The molecule has 0 aliphatic heterocycles. The van der Waals surface area contributed by atoms with Crippen LogP contribution in [-0.2, 0) is 4.79 Å². The molecule has 1 atom stereocenters. The molecule has 0 saturated heterocycles. The highest BCUT2D eigenvalue weighted by Crippen LogP contribution is 2.17. The van der Waals surface area contributed by atoms with E-state index in [1.54, 1.807) is 30.5 Å². The van der Waals surface area contributed by atoms with Crippen molar-refractivity contribution in [1.82, 2.24) is 20.3 Å². The summed E-state index contributed by atoms with van der Waals surface area (Å²) in [5.41, 5.74) is 1.40. The fourth-order valence-electron chi connectivity index (χ4n) is 2.23. The van der Waals surface area contributed by atoms with Crippen LogP contribution in [0.25, 0.3) is 10.9 Å². The Bertz CT molecular complexity index is 901. The topological polar surface area (TPSA) is 117 Å². The highest BCUT2D eigenvalue weighted by molar-refractivity contribution is 6.01. The molecule has 8 heteroatoms. The van der Waals surface area contributed by atoms with Crippen molar-refractivity contribution in [3.8, 4) is 0 Å². The van der Waals surface area contributed by atoms with Crippen LogP contribution in [0, 0.1) is 0 Å². The molecular formula is C17H15N5O3. The minimum Gasteiger partial charge on any atom is -0.394 e. The first kappa shape index (κ1) is 16.5. The number of anilines is 1. The van der Waals surface area contributed by atoms with Gasteiger partial charge in [-0.1, -0.05) is 6.07 Å². The molecule has 0 radical (unpaired) electrons. The lowest BCUT2D eigenvalue weighted by atomic mass is 10.2. The second-order valence-electron chi connectivity index (χ2n) is 5.20. The lowest BCUT2D eigenvalue weighted by Gasteiger charge is -2.16. The number of fused-ring (bicyclic) bond motifs is 1. The van der Waals surface area contributed by atoms with E-state index in [9.17, 15) is 14.7 Å². The van der Waals surface area contributed by atoms with E-state index in [1.807, 2.05) is 6.07 Å². The molecule has 0 saturated carbocycles. The summed E-state index contributed by atoms with van der Waals surface area (Å²) in [6.07, 6.45) is 5.76. The molecule has 3 N–H and O–H groups in total. The summed E-state index contributed by atoms with van der Waals surface area (Å²) in [5.74, 6) is -1.13. The van der Waals surface area contributed by atoms with Gasteiger partial charge in [-0.25, -0.2) is 4.98 Å². The van der Waals surface area contributed by atoms with Crippen molar-refractivity contribution < 1.29 is 14.7 Å². The number of aliphatic hydroxyl groups excluding tert-OH is 1. The van der Waals surface area contributed by atoms with Crippen LogP contribution in [0.4, 0.5) is 5.69 Å². The number of carbonyl (C=O) groups is 2. The molecule has 0 fully saturated rings. The molecule has 8 nitrogen and oxygen atoms in total. The first-order chi connectivity index (χ1) is 12.2. The van der Waals surface area contributed by atoms with Gasteiger partial charge in [-0.05, 0) is 24.3 Å². The summed E-state index contributed by atoms with van der Waals surface area (Å²) in [5, 5.41) is 15.4. The van der Waals surface area contributed by atoms with Crippen molar-refractivity contribution in [3.63, 3.8) is 0 Å². The van der Waals surface area contributed by atoms with Crippen molar-refractivity contribution in [1.29, 1.82) is 0 Å². The molecule has 0 aliphatic carbocycles. The van der Waals surface area contributed by atoms with E-state index in [2.05, 4.69) is 25.6 Å². The van der Waals surface area contributed by atoms with Gasteiger partial charge < -0.3 is 15.7 Å². The lowest BCUT2D eigenvalue weighted by Crippen LogP contribution is -2.46. The van der Waals surface area contributed by atoms with Gasteiger partial charge in [0.2, 0.25) is 5.91 Å². The maximum atomic E-state index is 12.3. The summed E-state index contributed by atoms with van der Waals surface area (Å²) < 4.78 is 0. The number of amides is 2. The third-order valence-electron chi connectivity index (χ3n) is 3.47. The second kappa shape index (κ2) is 7.45. The summed E-state index contributed by atoms with van der Waals surface area (Å²) in [4.78, 5) is 36.2. The standard InChI is InChI=1S/C17H15N5O3/c23-10-15(22-16(24)14-9-18-6-7-20-14)17(25)21-12-3-4-13-11(8-12)2-1-5-19-13/h1-9,15,23H,10H2,(H,21,25)(H,22,24)/t15-/m0/s1. The number of hydrogen-bond donors (Lipinski definition) is 3. The number of carbonyl (C=O) groups excluding carboxylic acids is 2. The predicted molar refractivity (Wildman–Crippen MR) is 90.7 cm³/mol. The maximum absolute atomic E-state index is 12.3. The van der Waals surface area contributed by atoms with Crippen molar-refractivity contribution in [2.75, 3.05) is 11.9 Å². The lowest BCUT2D eigenvalue weighted by molar-refractivity contribution is -0.118. The van der Waals surface area contributed by atoms with Gasteiger partial charge in [0.25, 0.3) is 5.91 Å². The molecule has 0 unspecified atom stereocenters. The third kappa shape index (κ3) is 3.93. The zero-order chi connectivity index (χ0) is 17.6. The summed E-state index contributed by atoms with van der Waals surface area (Å²) in [6.45, 7) is -0.549. The van der Waals surface area contributed by atoms with Gasteiger partial charge in [0.05, 0.1) is 18.3 Å². The Morgan fingerprint density at radius 2 is 2.00 bits per heavy atom. The summed E-state index contributed by atoms with van der Waals surface area (Å²) in [6, 6.07) is 7.80. The molecule has 2 aromatic heterocycles. The summed E-state index contributed by atoms with van der Waals surface area (Å²) >= 11 is 0. The van der Waals surface area contributed by atoms with E-state index >= 15 is 0 Å². The number of nitrogens with zero attached hydrogens (tertiary/aromatic N) is 3. The van der Waals surface area contributed by atoms with Crippen LogP contribution in [0.15, 0.2) is 55.1 Å². The van der Waals surface area contributed by atoms with Gasteiger partial charge in [-0.3, -0.25) is 19.6 Å². The van der Waals surface area contributed by atoms with Crippen LogP contribution >= 0.6 is 0 Å². The van der Waals surface area contributed by atoms with Gasteiger partial charge >= 0.3 is 0 Å². The Morgan fingerprint density at radius 1 is 1.12 bits per heavy atom. The molecule has 2 amide bonds. The van der Waals surface area contributed by atoms with Crippen molar-refractivity contribution in [2.24, 2.45) is 0 Å². The normalized spacial score (nSPS) is 11.7. The number of aromatic nitrogens is 3. The smallest absolute Gasteiger partial charge is 0.272 e. The predicted octanol–water partition coefficient (Wildman–Crippen LogP) is 0.754. The average molecular weight is 337 g/mol. The highest BCUT2D eigenvalue weighted by atomic mass is 16.3. The minimum absolute atomic E-state index is 0.0607. The average Bonchev–Trinajstić information content (AvgIpc) is 2.66. The van der Waals surface area contributed by atoms with E-state index in [-0.39, 0.29) is 5.69 Å². The molecule has 126 valence electrons. The van der Waals surface area contributed by atoms with Crippen LogP contribution < -0.4 is 10.6 Å². The van der Waals surface area contributed by atoms with Gasteiger partial charge in [0, 0.05) is 29.7 Å². The van der Waals surface area contributed by atoms with E-state index in [1.165, 1.54) is 18.6 Å². The van der Waals surface area contributed by atoms with Crippen molar-refractivity contribution in [2.45, 2.75) is 6.04 Å². The summed E-state index contributed by atoms with van der Waals surface area (Å²) in [7, 11) is 0. The van der Waals surface area contributed by atoms with Crippen LogP contribution in [0.3, 0.4) is 0 Å². The van der Waals surface area contributed by atoms with Crippen LogP contribution in [0.5, 0.6) is 0 Å². The number of benzene rings is 1. The van der Waals surface area contributed by atoms with E-state index < -0.39 is 24.5 Å². The third-order valence-corrected chi connectivity index (χ3v) is 3.47. The maximum Gasteiger partial charge on any atom is 0.272 e. The van der Waals surface area contributed by atoms with Crippen LogP contribution in [-0.4, -0.2) is 44.5 Å². The van der Waals surface area contributed by atoms with Gasteiger partial charge in [-0.15, -0.1) is 0 Å². The monoisotopic (exact) mass is 337 g/mol. The molecule has 0 spiro atoms. The fourth-order valence-corrected chi connectivity index (χ4v) is 2.23. The van der Waals surface area contributed by atoms with E-state index in [0.717, 1.165) is 10.9 Å². The largest absolute Gasteiger partial charge is 0.394 e. The Labute approximate surface area is 143 Å². The van der Waals surface area contributed by atoms with E-state index in [4.69, 9.17) is 0 Å². The zero-order valence-electron chi connectivity index (χ0n) is 13.1. The first-order valence-electron chi connectivity index (χ1n) is 7.51. The van der Waals surface area contributed by atoms with Gasteiger partial charge in [0.15, 0.2) is 0 Å². The number of aliphatic hydroxyl groups is 1.